The maximum absolute atomic E-state index is 12.4. The summed E-state index contributed by atoms with van der Waals surface area (Å²) < 4.78 is 11.8. The Labute approximate surface area is 170 Å². The van der Waals surface area contributed by atoms with Gasteiger partial charge in [-0.3, -0.25) is 4.79 Å². The number of oxazole rings is 1. The number of furan rings is 1. The summed E-state index contributed by atoms with van der Waals surface area (Å²) >= 11 is 7.38. The third-order valence-electron chi connectivity index (χ3n) is 4.67. The summed E-state index contributed by atoms with van der Waals surface area (Å²) in [5.41, 5.74) is 0.226. The highest BCUT2D eigenvalue weighted by Gasteiger charge is 2.29. The second kappa shape index (κ2) is 8.09. The lowest BCUT2D eigenvalue weighted by atomic mass is 9.96. The number of amides is 1. The van der Waals surface area contributed by atoms with Crippen molar-refractivity contribution in [3.05, 3.63) is 45.4 Å². The molecule has 1 aliphatic rings. The first kappa shape index (κ1) is 18.6. The van der Waals surface area contributed by atoms with E-state index in [-0.39, 0.29) is 23.4 Å². The van der Waals surface area contributed by atoms with Crippen LogP contribution >= 0.6 is 22.9 Å². The molecule has 4 rings (SSSR count). The predicted octanol–water partition coefficient (Wildman–Crippen LogP) is 4.05. The number of hydrogen-bond donors (Lipinski definition) is 1. The zero-order valence-electron chi connectivity index (χ0n) is 14.9. The molecule has 0 spiro atoms. The highest BCUT2D eigenvalue weighted by molar-refractivity contribution is 7.16. The lowest BCUT2D eigenvalue weighted by Crippen LogP contribution is -2.40. The number of thiophene rings is 1. The molecule has 144 valence electrons. The van der Waals surface area contributed by atoms with Gasteiger partial charge < -0.3 is 19.1 Å². The Morgan fingerprint density at radius 1 is 1.39 bits per heavy atom. The van der Waals surface area contributed by atoms with Crippen molar-refractivity contribution in [2.45, 2.75) is 19.4 Å². The number of nitrogens with one attached hydrogen (secondary N) is 1. The topological polar surface area (TPSA) is 95.3 Å². The van der Waals surface area contributed by atoms with Crippen molar-refractivity contribution in [2.24, 2.45) is 5.92 Å². The Morgan fingerprint density at radius 3 is 2.86 bits per heavy atom. The molecule has 1 N–H and O–H groups in total. The van der Waals surface area contributed by atoms with E-state index in [0.717, 1.165) is 4.88 Å². The normalized spacial score (nSPS) is 14.8. The summed E-state index contributed by atoms with van der Waals surface area (Å²) in [6.07, 6.45) is 2.89. The summed E-state index contributed by atoms with van der Waals surface area (Å²) in [5, 5.41) is 12.4. The summed E-state index contributed by atoms with van der Waals surface area (Å²) in [4.78, 5) is 19.6. The number of hydrogen-bond acceptors (Lipinski definition) is 7. The molecular weight excluding hydrogens is 400 g/mol. The van der Waals surface area contributed by atoms with Crippen molar-refractivity contribution in [1.29, 1.82) is 5.26 Å². The van der Waals surface area contributed by atoms with Gasteiger partial charge in [0.15, 0.2) is 5.76 Å². The number of piperidine rings is 1. The first-order chi connectivity index (χ1) is 13.6. The Hall–Kier alpha value is -2.76. The number of rotatable bonds is 5. The van der Waals surface area contributed by atoms with Gasteiger partial charge in [-0.25, -0.2) is 0 Å². The van der Waals surface area contributed by atoms with Crippen molar-refractivity contribution in [1.82, 2.24) is 10.3 Å². The maximum Gasteiger partial charge on any atom is 0.266 e. The Kier molecular flexibility index (Phi) is 5.37. The monoisotopic (exact) mass is 416 g/mol. The molecule has 4 heterocycles. The zero-order chi connectivity index (χ0) is 19.5. The molecule has 0 saturated carbocycles. The maximum atomic E-state index is 12.4. The highest BCUT2D eigenvalue weighted by atomic mass is 35.5. The number of aromatic nitrogens is 1. The van der Waals surface area contributed by atoms with Crippen molar-refractivity contribution >= 4 is 34.7 Å². The van der Waals surface area contributed by atoms with Crippen molar-refractivity contribution in [2.75, 3.05) is 18.0 Å². The molecule has 0 aliphatic carbocycles. The van der Waals surface area contributed by atoms with Gasteiger partial charge in [0.25, 0.3) is 5.89 Å². The van der Waals surface area contributed by atoms with Gasteiger partial charge >= 0.3 is 0 Å². The summed E-state index contributed by atoms with van der Waals surface area (Å²) in [6, 6.07) is 9.28. The molecule has 3 aromatic rings. The molecule has 0 aromatic carbocycles. The van der Waals surface area contributed by atoms with Crippen molar-refractivity contribution in [3.8, 4) is 17.7 Å². The molecule has 0 radical (unpaired) electrons. The van der Waals surface area contributed by atoms with Crippen LogP contribution in [0.1, 0.15) is 23.4 Å². The van der Waals surface area contributed by atoms with Gasteiger partial charge in [-0.1, -0.05) is 11.6 Å². The van der Waals surface area contributed by atoms with E-state index in [1.807, 2.05) is 17.0 Å². The molecule has 0 atom stereocenters. The molecule has 3 aromatic heterocycles. The standard InChI is InChI=1S/C19H17ClN4O3S/c20-16-4-3-13(28-16)11-22-17(25)12-5-7-24(8-6-12)19-14(10-21)23-18(27-19)15-2-1-9-26-15/h1-4,9,12H,5-8,11H2,(H,22,25). The molecule has 1 amide bonds. The van der Waals surface area contributed by atoms with Crippen LogP contribution in [-0.2, 0) is 11.3 Å². The van der Waals surface area contributed by atoms with E-state index in [1.165, 1.54) is 17.6 Å². The second-order valence-corrected chi connectivity index (χ2v) is 8.25. The number of carbonyl (C=O) groups is 1. The smallest absolute Gasteiger partial charge is 0.266 e. The number of halogens is 1. The SMILES string of the molecule is N#Cc1nc(-c2ccco2)oc1N1CCC(C(=O)NCc2ccc(Cl)s2)CC1. The Balaban J connectivity index is 1.36. The number of nitriles is 1. The minimum atomic E-state index is -0.0651. The molecule has 1 aliphatic heterocycles. The van der Waals surface area contributed by atoms with Crippen LogP contribution in [0.2, 0.25) is 4.34 Å². The fourth-order valence-electron chi connectivity index (χ4n) is 3.21. The van der Waals surface area contributed by atoms with Crippen LogP contribution in [0.25, 0.3) is 11.7 Å². The number of nitrogens with zero attached hydrogens (tertiary/aromatic N) is 3. The van der Waals surface area contributed by atoms with E-state index >= 15 is 0 Å². The van der Waals surface area contributed by atoms with Gasteiger partial charge in [0.05, 0.1) is 17.1 Å². The van der Waals surface area contributed by atoms with Crippen molar-refractivity contribution in [3.63, 3.8) is 0 Å². The number of anilines is 1. The van der Waals surface area contributed by atoms with Gasteiger partial charge in [-0.2, -0.15) is 10.2 Å². The van der Waals surface area contributed by atoms with Gasteiger partial charge in [0.2, 0.25) is 17.5 Å². The van der Waals surface area contributed by atoms with Crippen LogP contribution in [0.5, 0.6) is 0 Å². The van der Waals surface area contributed by atoms with E-state index in [4.69, 9.17) is 20.4 Å². The largest absolute Gasteiger partial charge is 0.459 e. The van der Waals surface area contributed by atoms with E-state index in [2.05, 4.69) is 16.4 Å². The first-order valence-electron chi connectivity index (χ1n) is 8.85. The van der Waals surface area contributed by atoms with E-state index in [9.17, 15) is 10.1 Å². The third-order valence-corrected chi connectivity index (χ3v) is 5.90. The fourth-order valence-corrected chi connectivity index (χ4v) is 4.24. The minimum Gasteiger partial charge on any atom is -0.459 e. The third kappa shape index (κ3) is 3.91. The molecule has 0 unspecified atom stereocenters. The molecule has 9 heteroatoms. The lowest BCUT2D eigenvalue weighted by Gasteiger charge is -2.30. The Morgan fingerprint density at radius 2 is 2.21 bits per heavy atom. The molecule has 28 heavy (non-hydrogen) atoms. The van der Waals surface area contributed by atoms with Gasteiger partial charge in [-0.15, -0.1) is 11.3 Å². The molecule has 7 nitrogen and oxygen atoms in total. The van der Waals surface area contributed by atoms with Crippen molar-refractivity contribution < 1.29 is 13.6 Å². The second-order valence-electron chi connectivity index (χ2n) is 6.45. The number of carbonyl (C=O) groups excluding carboxylic acids is 1. The van der Waals surface area contributed by atoms with Gasteiger partial charge in [-0.05, 0) is 37.1 Å². The quantitative estimate of drug-likeness (QED) is 0.674. The predicted molar refractivity (Wildman–Crippen MR) is 105 cm³/mol. The highest BCUT2D eigenvalue weighted by Crippen LogP contribution is 2.31. The molecule has 1 saturated heterocycles. The molecular formula is C19H17ClN4O3S. The zero-order valence-corrected chi connectivity index (χ0v) is 16.4. The summed E-state index contributed by atoms with van der Waals surface area (Å²) in [7, 11) is 0. The minimum absolute atomic E-state index is 0.0403. The summed E-state index contributed by atoms with van der Waals surface area (Å²) in [5.74, 6) is 1.17. The average molecular weight is 417 g/mol. The van der Waals surface area contributed by atoms with Crippen LogP contribution in [0.3, 0.4) is 0 Å². The van der Waals surface area contributed by atoms with E-state index < -0.39 is 0 Å². The van der Waals surface area contributed by atoms with Crippen LogP contribution < -0.4 is 10.2 Å². The van der Waals surface area contributed by atoms with E-state index in [1.54, 1.807) is 12.1 Å². The molecule has 1 fully saturated rings. The summed E-state index contributed by atoms with van der Waals surface area (Å²) in [6.45, 7) is 1.72. The van der Waals surface area contributed by atoms with Crippen LogP contribution in [-0.4, -0.2) is 24.0 Å². The Bertz CT molecular complexity index is 997. The fraction of sp³-hybridized carbons (Fsp3) is 0.316. The van der Waals surface area contributed by atoms with Crippen LogP contribution in [0.15, 0.2) is 39.4 Å². The lowest BCUT2D eigenvalue weighted by molar-refractivity contribution is -0.125. The average Bonchev–Trinajstić information content (AvgIpc) is 3.46. The van der Waals surface area contributed by atoms with Gasteiger partial charge in [0.1, 0.15) is 6.07 Å². The van der Waals surface area contributed by atoms with Crippen LogP contribution in [0.4, 0.5) is 5.88 Å². The van der Waals surface area contributed by atoms with Crippen LogP contribution in [0, 0.1) is 17.2 Å². The molecule has 0 bridgehead atoms. The van der Waals surface area contributed by atoms with Gasteiger partial charge in [0, 0.05) is 23.9 Å². The first-order valence-corrected chi connectivity index (χ1v) is 10.0. The van der Waals surface area contributed by atoms with E-state index in [0.29, 0.717) is 48.5 Å².